The first-order valence-corrected chi connectivity index (χ1v) is 7.61. The minimum atomic E-state index is -0.553. The van der Waals surface area contributed by atoms with E-state index in [9.17, 15) is 4.39 Å². The molecule has 2 rings (SSSR count). The summed E-state index contributed by atoms with van der Waals surface area (Å²) in [6, 6.07) is 2.63. The van der Waals surface area contributed by atoms with Gasteiger partial charge < -0.3 is 10.1 Å². The zero-order chi connectivity index (χ0) is 15.2. The van der Waals surface area contributed by atoms with Gasteiger partial charge in [-0.1, -0.05) is 18.5 Å². The fraction of sp³-hybridized carbons (Fsp3) is 0.286. The molecule has 0 aliphatic carbocycles. The number of nitrogens with one attached hydrogen (secondary N) is 1. The van der Waals surface area contributed by atoms with Gasteiger partial charge in [-0.3, -0.25) is 4.98 Å². The lowest BCUT2D eigenvalue weighted by molar-refractivity contribution is 0.451. The minimum Gasteiger partial charge on any atom is -0.436 e. The molecule has 1 heterocycles. The van der Waals surface area contributed by atoms with Crippen LogP contribution in [0.4, 0.5) is 4.39 Å². The fourth-order valence-electron chi connectivity index (χ4n) is 1.58. The van der Waals surface area contributed by atoms with Gasteiger partial charge in [0.25, 0.3) is 0 Å². The molecule has 0 radical (unpaired) electrons. The van der Waals surface area contributed by atoms with Gasteiger partial charge in [0.05, 0.1) is 27.6 Å². The van der Waals surface area contributed by atoms with Gasteiger partial charge in [0.15, 0.2) is 0 Å². The third-order valence-electron chi connectivity index (χ3n) is 2.60. The second-order valence-electron chi connectivity index (χ2n) is 4.32. The van der Waals surface area contributed by atoms with Crippen molar-refractivity contribution in [3.05, 3.63) is 45.5 Å². The molecule has 0 aliphatic heterocycles. The fourth-order valence-corrected chi connectivity index (χ4v) is 2.30. The number of hydrogen-bond donors (Lipinski definition) is 1. The lowest BCUT2D eigenvalue weighted by Gasteiger charge is -2.08. The topological polar surface area (TPSA) is 47.0 Å². The van der Waals surface area contributed by atoms with Gasteiger partial charge in [0, 0.05) is 12.6 Å². The predicted octanol–water partition coefficient (Wildman–Crippen LogP) is 4.32. The molecule has 0 saturated heterocycles. The van der Waals surface area contributed by atoms with Crippen molar-refractivity contribution in [2.45, 2.75) is 19.9 Å². The predicted molar refractivity (Wildman–Crippen MR) is 83.2 cm³/mol. The maximum atomic E-state index is 13.4. The molecule has 0 saturated carbocycles. The molecule has 1 N–H and O–H groups in total. The van der Waals surface area contributed by atoms with Gasteiger partial charge in [-0.25, -0.2) is 9.37 Å². The molecule has 0 aliphatic rings. The van der Waals surface area contributed by atoms with Crippen LogP contribution in [0.3, 0.4) is 0 Å². The van der Waals surface area contributed by atoms with E-state index in [1.807, 2.05) is 0 Å². The number of aromatic nitrogens is 2. The number of ether oxygens (including phenoxy) is 1. The molecule has 1 aromatic carbocycles. The minimum absolute atomic E-state index is 0.0256. The van der Waals surface area contributed by atoms with Crippen LogP contribution >= 0.6 is 27.5 Å². The molecule has 0 spiro atoms. The summed E-state index contributed by atoms with van der Waals surface area (Å²) in [6.45, 7) is 3.68. The van der Waals surface area contributed by atoms with Crippen LogP contribution in [0.25, 0.3) is 0 Å². The molecule has 0 atom stereocenters. The lowest BCUT2D eigenvalue weighted by atomic mass is 10.3. The average molecular weight is 375 g/mol. The molecule has 7 heteroatoms. The summed E-state index contributed by atoms with van der Waals surface area (Å²) in [5, 5.41) is 3.25. The molecular weight excluding hydrogens is 361 g/mol. The Hall–Kier alpha value is -1.24. The Morgan fingerprint density at radius 2 is 2.14 bits per heavy atom. The van der Waals surface area contributed by atoms with Crippen LogP contribution in [0, 0.1) is 5.82 Å². The van der Waals surface area contributed by atoms with E-state index < -0.39 is 5.82 Å². The summed E-state index contributed by atoms with van der Waals surface area (Å²) in [7, 11) is 0. The molecule has 21 heavy (non-hydrogen) atoms. The SMILES string of the molecule is CCCNCc1cnc(Oc2cc(F)c(Cl)cc2Br)cn1. The maximum Gasteiger partial charge on any atom is 0.237 e. The van der Waals surface area contributed by atoms with E-state index in [1.54, 1.807) is 6.20 Å². The molecular formula is C14H14BrClFN3O. The van der Waals surface area contributed by atoms with Gasteiger partial charge >= 0.3 is 0 Å². The van der Waals surface area contributed by atoms with E-state index in [2.05, 4.69) is 38.1 Å². The van der Waals surface area contributed by atoms with E-state index in [1.165, 1.54) is 18.3 Å². The standard InChI is InChI=1S/C14H14BrClFN3O/c1-2-3-18-6-9-7-20-14(8-19-9)21-13-5-12(17)11(16)4-10(13)15/h4-5,7-8,18H,2-3,6H2,1H3. The molecule has 0 bridgehead atoms. The van der Waals surface area contributed by atoms with E-state index >= 15 is 0 Å². The summed E-state index contributed by atoms with van der Waals surface area (Å²) in [5.74, 6) is 0.0305. The Morgan fingerprint density at radius 1 is 1.33 bits per heavy atom. The van der Waals surface area contributed by atoms with Crippen molar-refractivity contribution in [3.8, 4) is 11.6 Å². The third kappa shape index (κ3) is 4.62. The molecule has 112 valence electrons. The Kier molecular flexibility index (Phi) is 5.90. The zero-order valence-electron chi connectivity index (χ0n) is 11.4. The largest absolute Gasteiger partial charge is 0.436 e. The second kappa shape index (κ2) is 7.68. The van der Waals surface area contributed by atoms with Crippen LogP contribution in [0.5, 0.6) is 11.6 Å². The molecule has 0 fully saturated rings. The van der Waals surface area contributed by atoms with E-state index in [-0.39, 0.29) is 10.9 Å². The van der Waals surface area contributed by atoms with Crippen LogP contribution in [0.15, 0.2) is 29.0 Å². The molecule has 0 unspecified atom stereocenters. The second-order valence-corrected chi connectivity index (χ2v) is 5.58. The van der Waals surface area contributed by atoms with Crippen molar-refractivity contribution < 1.29 is 9.13 Å². The molecule has 2 aromatic rings. The highest BCUT2D eigenvalue weighted by Crippen LogP contribution is 2.32. The summed E-state index contributed by atoms with van der Waals surface area (Å²) >= 11 is 8.94. The first kappa shape index (κ1) is 16.1. The van der Waals surface area contributed by atoms with Gasteiger partial charge in [0.2, 0.25) is 5.88 Å². The lowest BCUT2D eigenvalue weighted by Crippen LogP contribution is -2.14. The van der Waals surface area contributed by atoms with Crippen molar-refractivity contribution in [1.29, 1.82) is 0 Å². The van der Waals surface area contributed by atoms with Crippen LogP contribution in [-0.2, 0) is 6.54 Å². The van der Waals surface area contributed by atoms with Crippen molar-refractivity contribution >= 4 is 27.5 Å². The number of rotatable bonds is 6. The van der Waals surface area contributed by atoms with Crippen LogP contribution in [0.2, 0.25) is 5.02 Å². The summed E-state index contributed by atoms with van der Waals surface area (Å²) in [6.07, 6.45) is 4.19. The quantitative estimate of drug-likeness (QED) is 0.604. The number of hydrogen-bond acceptors (Lipinski definition) is 4. The Morgan fingerprint density at radius 3 is 2.81 bits per heavy atom. The average Bonchev–Trinajstić information content (AvgIpc) is 2.47. The summed E-state index contributed by atoms with van der Waals surface area (Å²) in [5.41, 5.74) is 0.817. The van der Waals surface area contributed by atoms with Gasteiger partial charge in [-0.2, -0.15) is 0 Å². The smallest absolute Gasteiger partial charge is 0.237 e. The van der Waals surface area contributed by atoms with Crippen molar-refractivity contribution in [1.82, 2.24) is 15.3 Å². The molecule has 0 amide bonds. The van der Waals surface area contributed by atoms with Crippen LogP contribution < -0.4 is 10.1 Å². The first-order valence-electron chi connectivity index (χ1n) is 6.44. The van der Waals surface area contributed by atoms with Crippen molar-refractivity contribution in [2.24, 2.45) is 0 Å². The van der Waals surface area contributed by atoms with E-state index in [4.69, 9.17) is 16.3 Å². The van der Waals surface area contributed by atoms with E-state index in [0.717, 1.165) is 18.7 Å². The maximum absolute atomic E-state index is 13.4. The normalized spacial score (nSPS) is 10.7. The van der Waals surface area contributed by atoms with Crippen LogP contribution in [0.1, 0.15) is 19.0 Å². The molecule has 4 nitrogen and oxygen atoms in total. The molecule has 1 aromatic heterocycles. The highest BCUT2D eigenvalue weighted by molar-refractivity contribution is 9.10. The highest BCUT2D eigenvalue weighted by atomic mass is 79.9. The Balaban J connectivity index is 2.05. The zero-order valence-corrected chi connectivity index (χ0v) is 13.7. The first-order chi connectivity index (χ1) is 10.1. The summed E-state index contributed by atoms with van der Waals surface area (Å²) in [4.78, 5) is 8.38. The highest BCUT2D eigenvalue weighted by Gasteiger charge is 2.09. The number of nitrogens with zero attached hydrogens (tertiary/aromatic N) is 2. The Labute approximate surface area is 135 Å². The number of halogens is 3. The Bertz CT molecular complexity index is 610. The summed E-state index contributed by atoms with van der Waals surface area (Å²) < 4.78 is 19.5. The van der Waals surface area contributed by atoms with Gasteiger partial charge in [0.1, 0.15) is 11.6 Å². The number of benzene rings is 1. The van der Waals surface area contributed by atoms with Gasteiger partial charge in [-0.15, -0.1) is 0 Å². The van der Waals surface area contributed by atoms with Crippen molar-refractivity contribution in [3.63, 3.8) is 0 Å². The van der Waals surface area contributed by atoms with Crippen LogP contribution in [-0.4, -0.2) is 16.5 Å². The van der Waals surface area contributed by atoms with Gasteiger partial charge in [-0.05, 0) is 35.0 Å². The van der Waals surface area contributed by atoms with Crippen molar-refractivity contribution in [2.75, 3.05) is 6.54 Å². The third-order valence-corrected chi connectivity index (χ3v) is 3.51. The van der Waals surface area contributed by atoms with E-state index in [0.29, 0.717) is 16.8 Å². The monoisotopic (exact) mass is 373 g/mol.